The molecule has 1 aliphatic heterocycles. The number of carbonyl (C=O) groups excluding carboxylic acids is 4. The molecule has 1 aromatic carbocycles. The van der Waals surface area contributed by atoms with Crippen LogP contribution in [0.2, 0.25) is 0 Å². The van der Waals surface area contributed by atoms with E-state index < -0.39 is 23.4 Å². The summed E-state index contributed by atoms with van der Waals surface area (Å²) < 4.78 is 0. The van der Waals surface area contributed by atoms with Crippen LogP contribution in [0.1, 0.15) is 24.2 Å². The fourth-order valence-electron chi connectivity index (χ4n) is 2.37. The second-order valence-corrected chi connectivity index (χ2v) is 6.04. The zero-order valence-electron chi connectivity index (χ0n) is 14.5. The number of anilines is 1. The van der Waals surface area contributed by atoms with Crippen LogP contribution in [-0.2, 0) is 9.59 Å². The average Bonchev–Trinajstić information content (AvgIpc) is 2.75. The molecular formula is C16H22ClN5O4. The van der Waals surface area contributed by atoms with Crippen LogP contribution < -0.4 is 21.7 Å². The molecule has 1 saturated heterocycles. The number of hydrogen-bond acceptors (Lipinski definition) is 5. The molecule has 26 heavy (non-hydrogen) atoms. The molecule has 0 aromatic heterocycles. The van der Waals surface area contributed by atoms with Crippen LogP contribution >= 0.6 is 12.4 Å². The third-order valence-electron chi connectivity index (χ3n) is 3.87. The quantitative estimate of drug-likeness (QED) is 0.515. The summed E-state index contributed by atoms with van der Waals surface area (Å²) in [5.41, 5.74) is 4.83. The van der Waals surface area contributed by atoms with Crippen LogP contribution in [0.5, 0.6) is 0 Å². The van der Waals surface area contributed by atoms with Crippen molar-refractivity contribution in [3.05, 3.63) is 29.8 Å². The van der Waals surface area contributed by atoms with Gasteiger partial charge in [-0.25, -0.2) is 4.79 Å². The van der Waals surface area contributed by atoms with E-state index in [0.29, 0.717) is 18.8 Å². The Morgan fingerprint density at radius 1 is 1.23 bits per heavy atom. The molecule has 1 aromatic rings. The van der Waals surface area contributed by atoms with Crippen molar-refractivity contribution in [1.29, 1.82) is 0 Å². The summed E-state index contributed by atoms with van der Waals surface area (Å²) in [6.45, 7) is 3.39. The van der Waals surface area contributed by atoms with E-state index in [0.717, 1.165) is 4.90 Å². The first kappa shape index (κ1) is 21.4. The van der Waals surface area contributed by atoms with Gasteiger partial charge >= 0.3 is 6.03 Å². The van der Waals surface area contributed by atoms with Gasteiger partial charge in [-0.1, -0.05) is 12.1 Å². The van der Waals surface area contributed by atoms with E-state index >= 15 is 0 Å². The number of carbonyl (C=O) groups is 4. The van der Waals surface area contributed by atoms with Gasteiger partial charge in [-0.2, -0.15) is 0 Å². The lowest BCUT2D eigenvalue weighted by Crippen LogP contribution is -2.47. The normalized spacial score (nSPS) is 15.1. The Hall–Kier alpha value is -2.65. The second kappa shape index (κ2) is 8.63. The molecule has 9 nitrogen and oxygen atoms in total. The highest BCUT2D eigenvalue weighted by Gasteiger charge is 2.46. The number of benzene rings is 1. The van der Waals surface area contributed by atoms with E-state index in [1.54, 1.807) is 38.1 Å². The molecule has 2 rings (SSSR count). The molecule has 0 bridgehead atoms. The van der Waals surface area contributed by atoms with Crippen molar-refractivity contribution in [2.75, 3.05) is 25.0 Å². The first-order valence-corrected chi connectivity index (χ1v) is 7.77. The van der Waals surface area contributed by atoms with Gasteiger partial charge in [0.2, 0.25) is 5.91 Å². The Balaban J connectivity index is 0.00000338. The third-order valence-corrected chi connectivity index (χ3v) is 3.87. The average molecular weight is 384 g/mol. The molecule has 5 N–H and O–H groups in total. The number of imide groups is 1. The predicted molar refractivity (Wildman–Crippen MR) is 98.0 cm³/mol. The van der Waals surface area contributed by atoms with Gasteiger partial charge in [0, 0.05) is 13.1 Å². The van der Waals surface area contributed by atoms with Crippen molar-refractivity contribution < 1.29 is 19.2 Å². The number of nitrogens with zero attached hydrogens (tertiary/aromatic N) is 1. The zero-order chi connectivity index (χ0) is 18.6. The first-order chi connectivity index (χ1) is 11.8. The van der Waals surface area contributed by atoms with Crippen molar-refractivity contribution in [2.45, 2.75) is 19.4 Å². The summed E-state index contributed by atoms with van der Waals surface area (Å²) in [5, 5.41) is 7.40. The molecule has 0 spiro atoms. The fraction of sp³-hybridized carbons (Fsp3) is 0.375. The number of para-hydroxylation sites is 1. The van der Waals surface area contributed by atoms with Crippen molar-refractivity contribution in [1.82, 2.24) is 15.5 Å². The summed E-state index contributed by atoms with van der Waals surface area (Å²) in [6.07, 6.45) is 0. The van der Waals surface area contributed by atoms with Crippen molar-refractivity contribution in [3.63, 3.8) is 0 Å². The minimum Gasteiger partial charge on any atom is -0.351 e. The lowest BCUT2D eigenvalue weighted by atomic mass is 10.0. The Bertz CT molecular complexity index is 722. The highest BCUT2D eigenvalue weighted by atomic mass is 35.5. The molecule has 0 radical (unpaired) electrons. The summed E-state index contributed by atoms with van der Waals surface area (Å²) in [7, 11) is 0. The molecule has 0 atom stereocenters. The van der Waals surface area contributed by atoms with Crippen LogP contribution in [0.4, 0.5) is 10.5 Å². The highest BCUT2D eigenvalue weighted by Crippen LogP contribution is 2.21. The van der Waals surface area contributed by atoms with Crippen LogP contribution in [0.25, 0.3) is 0 Å². The predicted octanol–water partition coefficient (Wildman–Crippen LogP) is 0.0658. The van der Waals surface area contributed by atoms with Crippen molar-refractivity contribution in [2.24, 2.45) is 5.73 Å². The Labute approximate surface area is 157 Å². The topological polar surface area (TPSA) is 134 Å². The summed E-state index contributed by atoms with van der Waals surface area (Å²) in [6, 6.07) is 5.86. The van der Waals surface area contributed by atoms with E-state index in [9.17, 15) is 19.2 Å². The second-order valence-electron chi connectivity index (χ2n) is 6.04. The van der Waals surface area contributed by atoms with Crippen LogP contribution in [0.3, 0.4) is 0 Å². The van der Waals surface area contributed by atoms with E-state index in [4.69, 9.17) is 5.73 Å². The lowest BCUT2D eigenvalue weighted by Gasteiger charge is -2.27. The zero-order valence-corrected chi connectivity index (χ0v) is 15.3. The largest absolute Gasteiger partial charge is 0.351 e. The van der Waals surface area contributed by atoms with E-state index in [2.05, 4.69) is 16.0 Å². The number of halogens is 1. The lowest BCUT2D eigenvalue weighted by molar-refractivity contribution is -0.126. The molecule has 10 heteroatoms. The first-order valence-electron chi connectivity index (χ1n) is 7.77. The smallest absolute Gasteiger partial charge is 0.325 e. The maximum absolute atomic E-state index is 12.3. The molecule has 1 fully saturated rings. The van der Waals surface area contributed by atoms with Crippen LogP contribution in [0.15, 0.2) is 24.3 Å². The van der Waals surface area contributed by atoms with Gasteiger partial charge in [-0.3, -0.25) is 19.7 Å². The number of rotatable bonds is 6. The van der Waals surface area contributed by atoms with Gasteiger partial charge in [0.05, 0.1) is 11.3 Å². The van der Waals surface area contributed by atoms with Gasteiger partial charge in [0.15, 0.2) is 0 Å². The van der Waals surface area contributed by atoms with Gasteiger partial charge in [0.25, 0.3) is 11.8 Å². The SMILES string of the molecule is CC1(C)C(=O)NC(=O)N1CC(=O)Nc1ccccc1C(=O)NCCN.Cl. The maximum Gasteiger partial charge on any atom is 0.325 e. The summed E-state index contributed by atoms with van der Waals surface area (Å²) in [5.74, 6) is -1.35. The van der Waals surface area contributed by atoms with Crippen molar-refractivity contribution >= 4 is 41.8 Å². The number of urea groups is 1. The van der Waals surface area contributed by atoms with Crippen LogP contribution in [0, 0.1) is 0 Å². The number of hydrogen-bond donors (Lipinski definition) is 4. The molecule has 1 heterocycles. The maximum atomic E-state index is 12.3. The molecule has 5 amide bonds. The number of nitrogens with one attached hydrogen (secondary N) is 3. The molecule has 0 saturated carbocycles. The summed E-state index contributed by atoms with van der Waals surface area (Å²) in [4.78, 5) is 49.1. The van der Waals surface area contributed by atoms with Crippen molar-refractivity contribution in [3.8, 4) is 0 Å². The monoisotopic (exact) mass is 383 g/mol. The van der Waals surface area contributed by atoms with Gasteiger partial charge in [0.1, 0.15) is 12.1 Å². The Kier molecular flexibility index (Phi) is 7.10. The van der Waals surface area contributed by atoms with Crippen LogP contribution in [-0.4, -0.2) is 53.8 Å². The fourth-order valence-corrected chi connectivity index (χ4v) is 2.37. The van der Waals surface area contributed by atoms with Gasteiger partial charge < -0.3 is 21.3 Å². The molecule has 0 aliphatic carbocycles. The standard InChI is InChI=1S/C16H21N5O4.ClH/c1-16(2)14(24)20-15(25)21(16)9-12(22)19-11-6-4-3-5-10(11)13(23)18-8-7-17;/h3-6H,7-9,17H2,1-2H3,(H,18,23)(H,19,22)(H,20,24,25);1H. The van der Waals surface area contributed by atoms with E-state index in [1.165, 1.54) is 0 Å². The third kappa shape index (κ3) is 4.50. The highest BCUT2D eigenvalue weighted by molar-refractivity contribution is 6.09. The molecule has 0 unspecified atom stereocenters. The minimum absolute atomic E-state index is 0. The molecule has 1 aliphatic rings. The minimum atomic E-state index is -1.12. The van der Waals surface area contributed by atoms with E-state index in [1.807, 2.05) is 0 Å². The molecular weight excluding hydrogens is 362 g/mol. The number of amides is 5. The molecule has 142 valence electrons. The number of nitrogens with two attached hydrogens (primary N) is 1. The van der Waals surface area contributed by atoms with E-state index in [-0.39, 0.29) is 30.4 Å². The Morgan fingerprint density at radius 3 is 2.46 bits per heavy atom. The Morgan fingerprint density at radius 2 is 1.88 bits per heavy atom. The van der Waals surface area contributed by atoms with Gasteiger partial charge in [-0.15, -0.1) is 12.4 Å². The van der Waals surface area contributed by atoms with Gasteiger partial charge in [-0.05, 0) is 26.0 Å². The summed E-state index contributed by atoms with van der Waals surface area (Å²) >= 11 is 0.